The van der Waals surface area contributed by atoms with Gasteiger partial charge in [-0.15, -0.1) is 5.54 Å². The van der Waals surface area contributed by atoms with E-state index in [0.29, 0.717) is 35.1 Å². The van der Waals surface area contributed by atoms with Crippen LogP contribution >= 0.6 is 0 Å². The van der Waals surface area contributed by atoms with Gasteiger partial charge in [0, 0.05) is 23.1 Å². The normalized spacial score (nSPS) is 12.8. The van der Waals surface area contributed by atoms with E-state index in [1.807, 2.05) is 35.8 Å². The van der Waals surface area contributed by atoms with Crippen LogP contribution in [0.4, 0.5) is 4.39 Å². The number of fused-ring (bicyclic) bond motifs is 3. The molecule has 0 fully saturated rings. The lowest BCUT2D eigenvalue weighted by atomic mass is 9.98. The van der Waals surface area contributed by atoms with Crippen molar-refractivity contribution < 1.29 is 8.91 Å². The maximum atomic E-state index is 14.9. The molecule has 0 N–H and O–H groups in total. The lowest BCUT2D eigenvalue weighted by molar-refractivity contribution is 0.422. The summed E-state index contributed by atoms with van der Waals surface area (Å²) in [6.45, 7) is 8.86. The van der Waals surface area contributed by atoms with Gasteiger partial charge in [-0.2, -0.15) is 4.98 Å². The molecule has 3 heterocycles. The molecular weight excluding hydrogens is 445 g/mol. The van der Waals surface area contributed by atoms with Crippen LogP contribution in [0.15, 0.2) is 58.3 Å². The fourth-order valence-corrected chi connectivity index (χ4v) is 4.32. The monoisotopic (exact) mass is 469 g/mol. The van der Waals surface area contributed by atoms with Crippen LogP contribution in [0.3, 0.4) is 0 Å². The minimum Gasteiger partial charge on any atom is -0.332 e. The molecule has 0 saturated heterocycles. The molecule has 8 heteroatoms. The summed E-state index contributed by atoms with van der Waals surface area (Å²) in [6.07, 6.45) is 2.39. The molecule has 0 unspecified atom stereocenters. The Morgan fingerprint density at radius 3 is 2.68 bits per heavy atom. The standard InChI is InChI=1S/C26H24FN5OSi/c1-5-23-30-26(33-31-23)25-22-15-28-24(18-8-6-7-9-20(18)27)19-14-17(12-13-34(2,3)4)10-11-21(19)32(22)16-29-25/h6-11,14,16H,5,15H2,1-4H3. The third kappa shape index (κ3) is 4.10. The Bertz CT molecular complexity index is 1480. The zero-order valence-electron chi connectivity index (χ0n) is 19.6. The minimum absolute atomic E-state index is 0.285. The molecule has 170 valence electrons. The molecule has 34 heavy (non-hydrogen) atoms. The summed E-state index contributed by atoms with van der Waals surface area (Å²) in [4.78, 5) is 13.9. The number of halogens is 1. The van der Waals surface area contributed by atoms with E-state index < -0.39 is 8.07 Å². The first kappa shape index (κ1) is 22.0. The van der Waals surface area contributed by atoms with E-state index in [2.05, 4.69) is 46.2 Å². The zero-order valence-corrected chi connectivity index (χ0v) is 20.6. The van der Waals surface area contributed by atoms with E-state index in [9.17, 15) is 4.39 Å². The third-order valence-electron chi connectivity index (χ3n) is 5.46. The Balaban J connectivity index is 1.71. The first-order chi connectivity index (χ1) is 16.3. The molecule has 1 aliphatic rings. The van der Waals surface area contributed by atoms with E-state index in [1.54, 1.807) is 18.5 Å². The molecule has 0 radical (unpaired) electrons. The number of aliphatic imine (C=N–C) groups is 1. The first-order valence-corrected chi connectivity index (χ1v) is 14.7. The lowest BCUT2D eigenvalue weighted by Gasteiger charge is -2.13. The van der Waals surface area contributed by atoms with Crippen LogP contribution in [0.2, 0.25) is 19.6 Å². The number of aromatic nitrogens is 4. The first-order valence-electron chi connectivity index (χ1n) is 11.2. The lowest BCUT2D eigenvalue weighted by Crippen LogP contribution is -2.16. The molecule has 0 amide bonds. The molecule has 1 aliphatic heterocycles. The number of hydrogen-bond donors (Lipinski definition) is 0. The molecule has 0 saturated carbocycles. The number of rotatable bonds is 3. The largest absolute Gasteiger partial charge is 0.332 e. The summed E-state index contributed by atoms with van der Waals surface area (Å²) in [5.74, 6) is 3.96. The van der Waals surface area contributed by atoms with Crippen molar-refractivity contribution in [2.75, 3.05) is 0 Å². The van der Waals surface area contributed by atoms with Crippen molar-refractivity contribution in [1.29, 1.82) is 0 Å². The van der Waals surface area contributed by atoms with Gasteiger partial charge in [0.25, 0.3) is 5.89 Å². The zero-order chi connectivity index (χ0) is 23.9. The Labute approximate surface area is 198 Å². The molecule has 0 spiro atoms. The van der Waals surface area contributed by atoms with Gasteiger partial charge in [0.1, 0.15) is 20.2 Å². The summed E-state index contributed by atoms with van der Waals surface area (Å²) in [6, 6.07) is 12.7. The molecule has 2 aromatic carbocycles. The summed E-state index contributed by atoms with van der Waals surface area (Å²) in [7, 11) is -1.56. The van der Waals surface area contributed by atoms with Crippen LogP contribution in [-0.4, -0.2) is 33.5 Å². The molecule has 2 aromatic heterocycles. The number of hydrogen-bond acceptors (Lipinski definition) is 5. The van der Waals surface area contributed by atoms with Gasteiger partial charge in [0.15, 0.2) is 11.5 Å². The van der Waals surface area contributed by atoms with Crippen LogP contribution < -0.4 is 0 Å². The predicted octanol–water partition coefficient (Wildman–Crippen LogP) is 5.20. The Morgan fingerprint density at radius 2 is 1.94 bits per heavy atom. The van der Waals surface area contributed by atoms with E-state index in [0.717, 1.165) is 22.5 Å². The molecule has 4 aromatic rings. The summed E-state index contributed by atoms with van der Waals surface area (Å²) in [5, 5.41) is 4.00. The van der Waals surface area contributed by atoms with Crippen molar-refractivity contribution in [2.45, 2.75) is 39.5 Å². The number of aryl methyl sites for hydroxylation is 1. The average molecular weight is 470 g/mol. The van der Waals surface area contributed by atoms with Gasteiger partial charge in [-0.3, -0.25) is 9.56 Å². The molecule has 0 atom stereocenters. The second-order valence-corrected chi connectivity index (χ2v) is 13.9. The summed E-state index contributed by atoms with van der Waals surface area (Å²) in [5.41, 5.74) is 8.35. The third-order valence-corrected chi connectivity index (χ3v) is 6.34. The number of benzene rings is 2. The fourth-order valence-electron chi connectivity index (χ4n) is 3.80. The Kier molecular flexibility index (Phi) is 5.50. The Morgan fingerprint density at radius 1 is 1.12 bits per heavy atom. The van der Waals surface area contributed by atoms with E-state index in [1.165, 1.54) is 6.07 Å². The molecular formula is C26H24FN5OSi. The fraction of sp³-hybridized carbons (Fsp3) is 0.231. The van der Waals surface area contributed by atoms with Crippen molar-refractivity contribution in [3.05, 3.63) is 82.8 Å². The van der Waals surface area contributed by atoms with E-state index >= 15 is 0 Å². The molecule has 5 rings (SSSR count). The minimum atomic E-state index is -1.56. The van der Waals surface area contributed by atoms with Gasteiger partial charge in [-0.05, 0) is 30.3 Å². The molecule has 6 nitrogen and oxygen atoms in total. The van der Waals surface area contributed by atoms with E-state index in [4.69, 9.17) is 9.52 Å². The number of nitrogens with zero attached hydrogens (tertiary/aromatic N) is 5. The van der Waals surface area contributed by atoms with Gasteiger partial charge in [-0.25, -0.2) is 9.37 Å². The van der Waals surface area contributed by atoms with Crippen LogP contribution in [0.25, 0.3) is 17.3 Å². The van der Waals surface area contributed by atoms with Crippen LogP contribution in [0.1, 0.15) is 35.1 Å². The molecule has 0 aliphatic carbocycles. The van der Waals surface area contributed by atoms with Gasteiger partial charge in [-0.1, -0.05) is 49.8 Å². The Hall–Kier alpha value is -3.83. The average Bonchev–Trinajstić information content (AvgIpc) is 3.42. The maximum absolute atomic E-state index is 14.9. The van der Waals surface area contributed by atoms with Crippen LogP contribution in [0.5, 0.6) is 0 Å². The van der Waals surface area contributed by atoms with Crippen molar-refractivity contribution >= 4 is 13.8 Å². The second-order valence-electron chi connectivity index (χ2n) is 9.16. The van der Waals surface area contributed by atoms with Crippen molar-refractivity contribution in [3.8, 4) is 28.7 Å². The van der Waals surface area contributed by atoms with E-state index in [-0.39, 0.29) is 12.4 Å². The summed E-state index contributed by atoms with van der Waals surface area (Å²) >= 11 is 0. The quantitative estimate of drug-likeness (QED) is 0.305. The SMILES string of the molecule is CCc1noc(-c2ncn3c2CN=C(c2ccccc2F)c2cc(C#C[Si](C)(C)C)ccc2-3)n1. The van der Waals surface area contributed by atoms with Crippen LogP contribution in [0, 0.1) is 17.3 Å². The van der Waals surface area contributed by atoms with Gasteiger partial charge in [0.05, 0.1) is 23.6 Å². The highest BCUT2D eigenvalue weighted by Gasteiger charge is 2.26. The molecule has 0 bridgehead atoms. The highest BCUT2D eigenvalue weighted by molar-refractivity contribution is 6.83. The second kappa shape index (κ2) is 8.50. The van der Waals surface area contributed by atoms with Crippen molar-refractivity contribution in [2.24, 2.45) is 4.99 Å². The topological polar surface area (TPSA) is 69.1 Å². The van der Waals surface area contributed by atoms with Crippen molar-refractivity contribution in [1.82, 2.24) is 19.7 Å². The maximum Gasteiger partial charge on any atom is 0.278 e. The number of imidazole rings is 1. The van der Waals surface area contributed by atoms with Crippen molar-refractivity contribution in [3.63, 3.8) is 0 Å². The van der Waals surface area contributed by atoms with Gasteiger partial charge in [0.2, 0.25) is 0 Å². The summed E-state index contributed by atoms with van der Waals surface area (Å²) < 4.78 is 22.3. The highest BCUT2D eigenvalue weighted by Crippen LogP contribution is 2.31. The van der Waals surface area contributed by atoms with Crippen LogP contribution in [-0.2, 0) is 13.0 Å². The highest BCUT2D eigenvalue weighted by atomic mass is 28.3. The van der Waals surface area contributed by atoms with Gasteiger partial charge >= 0.3 is 0 Å². The predicted molar refractivity (Wildman–Crippen MR) is 132 cm³/mol. The smallest absolute Gasteiger partial charge is 0.278 e. The van der Waals surface area contributed by atoms with Gasteiger partial charge < -0.3 is 4.52 Å².